The van der Waals surface area contributed by atoms with Crippen molar-refractivity contribution in [1.29, 1.82) is 0 Å². The molecule has 1 aromatic carbocycles. The molecular weight excluding hydrogens is 273 g/mol. The largest absolute Gasteiger partial charge is 0.389 e. The molecule has 3 rings (SSSR count). The molecule has 0 aliphatic carbocycles. The third-order valence-electron chi connectivity index (χ3n) is 2.58. The van der Waals surface area contributed by atoms with Gasteiger partial charge in [-0.3, -0.25) is 0 Å². The number of anilines is 1. The summed E-state index contributed by atoms with van der Waals surface area (Å²) in [6.45, 7) is 0. The number of nitrogen functional groups attached to an aromatic ring is 1. The minimum absolute atomic E-state index is 0.357. The van der Waals surface area contributed by atoms with Crippen LogP contribution in [0.2, 0.25) is 5.02 Å². The van der Waals surface area contributed by atoms with Gasteiger partial charge in [-0.05, 0) is 29.7 Å². The second-order valence-electron chi connectivity index (χ2n) is 3.72. The highest BCUT2D eigenvalue weighted by Crippen LogP contribution is 2.33. The zero-order chi connectivity index (χ0) is 12.7. The molecule has 0 saturated heterocycles. The highest BCUT2D eigenvalue weighted by molar-refractivity contribution is 7.11. The topological polar surface area (TPSA) is 51.8 Å². The molecule has 3 aromatic rings. The van der Waals surface area contributed by atoms with Gasteiger partial charge in [0.05, 0.1) is 16.1 Å². The van der Waals surface area contributed by atoms with Crippen LogP contribution in [-0.2, 0) is 0 Å². The Kier molecular flexibility index (Phi) is 2.65. The fourth-order valence-electron chi connectivity index (χ4n) is 1.71. The van der Waals surface area contributed by atoms with Gasteiger partial charge in [0.15, 0.2) is 5.65 Å². The monoisotopic (exact) mass is 279 g/mol. The average molecular weight is 280 g/mol. The Morgan fingerprint density at radius 2 is 2.06 bits per heavy atom. The van der Waals surface area contributed by atoms with Gasteiger partial charge < -0.3 is 5.73 Å². The van der Waals surface area contributed by atoms with Crippen LogP contribution >= 0.6 is 23.1 Å². The Morgan fingerprint density at radius 3 is 2.83 bits per heavy atom. The summed E-state index contributed by atoms with van der Waals surface area (Å²) in [4.78, 5) is 4.27. The lowest BCUT2D eigenvalue weighted by Gasteiger charge is -2.04. The van der Waals surface area contributed by atoms with Gasteiger partial charge in [0.2, 0.25) is 0 Å². The molecule has 0 aliphatic heterocycles. The first-order chi connectivity index (χ1) is 8.66. The molecule has 0 aliphatic rings. The van der Waals surface area contributed by atoms with Crippen molar-refractivity contribution in [2.45, 2.75) is 0 Å². The SMILES string of the molecule is Nc1snc2nc(-c3ccccc3F)c(Cl)cc12. The maximum Gasteiger partial charge on any atom is 0.175 e. The van der Waals surface area contributed by atoms with Crippen LogP contribution in [0.25, 0.3) is 22.3 Å². The van der Waals surface area contributed by atoms with Crippen LogP contribution in [0.3, 0.4) is 0 Å². The molecule has 2 N–H and O–H groups in total. The van der Waals surface area contributed by atoms with Crippen molar-refractivity contribution in [2.24, 2.45) is 0 Å². The third kappa shape index (κ3) is 1.72. The molecule has 18 heavy (non-hydrogen) atoms. The fourth-order valence-corrected chi connectivity index (χ4v) is 2.54. The van der Waals surface area contributed by atoms with E-state index in [-0.39, 0.29) is 5.82 Å². The van der Waals surface area contributed by atoms with Gasteiger partial charge in [-0.25, -0.2) is 9.37 Å². The molecule has 90 valence electrons. The molecule has 0 unspecified atom stereocenters. The lowest BCUT2D eigenvalue weighted by molar-refractivity contribution is 0.631. The minimum Gasteiger partial charge on any atom is -0.389 e. The van der Waals surface area contributed by atoms with E-state index in [1.807, 2.05) is 0 Å². The third-order valence-corrected chi connectivity index (χ3v) is 3.55. The Morgan fingerprint density at radius 1 is 1.28 bits per heavy atom. The van der Waals surface area contributed by atoms with E-state index in [0.717, 1.165) is 11.5 Å². The van der Waals surface area contributed by atoms with E-state index in [9.17, 15) is 4.39 Å². The number of hydrogen-bond donors (Lipinski definition) is 1. The summed E-state index contributed by atoms with van der Waals surface area (Å²) in [5, 5.41) is 1.61. The Bertz CT molecular complexity index is 741. The van der Waals surface area contributed by atoms with E-state index < -0.39 is 0 Å². The Hall–Kier alpha value is -1.72. The number of fused-ring (bicyclic) bond motifs is 1. The van der Waals surface area contributed by atoms with Crippen LogP contribution in [0.15, 0.2) is 30.3 Å². The molecule has 0 radical (unpaired) electrons. The van der Waals surface area contributed by atoms with Crippen LogP contribution in [0.4, 0.5) is 9.39 Å². The predicted octanol–water partition coefficient (Wildman–Crippen LogP) is 3.73. The summed E-state index contributed by atoms with van der Waals surface area (Å²) in [7, 11) is 0. The number of hydrogen-bond acceptors (Lipinski definition) is 4. The van der Waals surface area contributed by atoms with Crippen LogP contribution < -0.4 is 5.73 Å². The number of rotatable bonds is 1. The summed E-state index contributed by atoms with van der Waals surface area (Å²) in [5.74, 6) is -0.366. The average Bonchev–Trinajstić information content (AvgIpc) is 2.71. The van der Waals surface area contributed by atoms with Gasteiger partial charge in [-0.2, -0.15) is 4.37 Å². The summed E-state index contributed by atoms with van der Waals surface area (Å²) < 4.78 is 17.8. The Balaban J connectivity index is 2.30. The van der Waals surface area contributed by atoms with E-state index in [1.165, 1.54) is 6.07 Å². The van der Waals surface area contributed by atoms with Gasteiger partial charge in [-0.1, -0.05) is 23.7 Å². The second-order valence-corrected chi connectivity index (χ2v) is 4.93. The maximum absolute atomic E-state index is 13.7. The first-order valence-corrected chi connectivity index (χ1v) is 6.28. The molecule has 3 nitrogen and oxygen atoms in total. The minimum atomic E-state index is -0.366. The van der Waals surface area contributed by atoms with E-state index in [0.29, 0.717) is 32.3 Å². The van der Waals surface area contributed by atoms with Crippen molar-refractivity contribution in [3.05, 3.63) is 41.2 Å². The molecule has 0 spiro atoms. The van der Waals surface area contributed by atoms with Gasteiger partial charge in [0.1, 0.15) is 10.8 Å². The van der Waals surface area contributed by atoms with E-state index in [4.69, 9.17) is 17.3 Å². The number of pyridine rings is 1. The van der Waals surface area contributed by atoms with Crippen LogP contribution in [0.1, 0.15) is 0 Å². The van der Waals surface area contributed by atoms with Gasteiger partial charge in [0.25, 0.3) is 0 Å². The molecule has 0 saturated carbocycles. The first-order valence-electron chi connectivity index (χ1n) is 5.13. The summed E-state index contributed by atoms with van der Waals surface area (Å²) >= 11 is 7.28. The first kappa shape index (κ1) is 11.4. The smallest absolute Gasteiger partial charge is 0.175 e. The standard InChI is InChI=1S/C12H7ClFN3S/c13-8-5-7-11(15)18-17-12(7)16-10(8)6-3-1-2-4-9(6)14/h1-5H,15H2. The molecule has 0 amide bonds. The molecule has 2 aromatic heterocycles. The zero-order valence-corrected chi connectivity index (χ0v) is 10.6. The molecule has 0 bridgehead atoms. The quantitative estimate of drug-likeness (QED) is 0.738. The van der Waals surface area contributed by atoms with Gasteiger partial charge in [0, 0.05) is 5.56 Å². The lowest BCUT2D eigenvalue weighted by atomic mass is 10.1. The maximum atomic E-state index is 13.7. The van der Waals surface area contributed by atoms with E-state index >= 15 is 0 Å². The summed E-state index contributed by atoms with van der Waals surface area (Å²) in [6, 6.07) is 8.02. The molecule has 2 heterocycles. The summed E-state index contributed by atoms with van der Waals surface area (Å²) in [5.41, 5.74) is 6.97. The fraction of sp³-hybridized carbons (Fsp3) is 0. The molecule has 6 heteroatoms. The van der Waals surface area contributed by atoms with Crippen LogP contribution in [0, 0.1) is 5.82 Å². The molecule has 0 fully saturated rings. The van der Waals surface area contributed by atoms with Crippen molar-refractivity contribution >= 4 is 39.2 Å². The van der Waals surface area contributed by atoms with Crippen molar-refractivity contribution in [3.8, 4) is 11.3 Å². The number of nitrogens with zero attached hydrogens (tertiary/aromatic N) is 2. The normalized spacial score (nSPS) is 11.0. The van der Waals surface area contributed by atoms with Crippen LogP contribution in [0.5, 0.6) is 0 Å². The summed E-state index contributed by atoms with van der Waals surface area (Å²) in [6.07, 6.45) is 0. The highest BCUT2D eigenvalue weighted by Gasteiger charge is 2.14. The van der Waals surface area contributed by atoms with Crippen molar-refractivity contribution in [1.82, 2.24) is 9.36 Å². The van der Waals surface area contributed by atoms with Crippen molar-refractivity contribution in [2.75, 3.05) is 5.73 Å². The predicted molar refractivity (Wildman–Crippen MR) is 72.2 cm³/mol. The van der Waals surface area contributed by atoms with Gasteiger partial charge >= 0.3 is 0 Å². The number of benzene rings is 1. The van der Waals surface area contributed by atoms with Gasteiger partial charge in [-0.15, -0.1) is 0 Å². The number of aromatic nitrogens is 2. The van der Waals surface area contributed by atoms with E-state index in [2.05, 4.69) is 9.36 Å². The number of halogens is 2. The van der Waals surface area contributed by atoms with E-state index in [1.54, 1.807) is 24.3 Å². The zero-order valence-electron chi connectivity index (χ0n) is 9.02. The molecule has 0 atom stereocenters. The van der Waals surface area contributed by atoms with Crippen molar-refractivity contribution < 1.29 is 4.39 Å². The molecular formula is C12H7ClFN3S. The lowest BCUT2D eigenvalue weighted by Crippen LogP contribution is -1.90. The second kappa shape index (κ2) is 4.19. The van der Waals surface area contributed by atoms with Crippen molar-refractivity contribution in [3.63, 3.8) is 0 Å². The number of nitrogens with two attached hydrogens (primary N) is 1. The highest BCUT2D eigenvalue weighted by atomic mass is 35.5. The Labute approximate surface area is 111 Å². The van der Waals surface area contributed by atoms with Crippen LogP contribution in [-0.4, -0.2) is 9.36 Å².